The van der Waals surface area contributed by atoms with E-state index in [9.17, 15) is 20.4 Å². The van der Waals surface area contributed by atoms with E-state index in [-0.39, 0.29) is 33.2 Å². The molecule has 0 amide bonds. The molecule has 2 aromatic rings. The van der Waals surface area contributed by atoms with Crippen molar-refractivity contribution >= 4 is 0 Å². The average molecular weight is 440 g/mol. The molecular formula is C22H32O6Ti. The number of hydrogen-bond acceptors (Lipinski definition) is 6. The third-order valence-electron chi connectivity index (χ3n) is 2.64. The average Bonchev–Trinajstić information content (AvgIpc) is 2.58. The maximum Gasteiger partial charge on any atom is 4.00 e. The Kier molecular flexibility index (Phi) is 20.2. The molecule has 0 saturated heterocycles. The SMILES string of the molecule is CC(C)[O-].CC(C)[O-].COc1cc(C)ccc1[O-].COc1cc(C)ccc1[O-].[Ti+4]. The Labute approximate surface area is 190 Å². The van der Waals surface area contributed by atoms with Crippen LogP contribution in [0.15, 0.2) is 36.4 Å². The summed E-state index contributed by atoms with van der Waals surface area (Å²) < 4.78 is 9.63. The predicted molar refractivity (Wildman–Crippen MR) is 105 cm³/mol. The van der Waals surface area contributed by atoms with Gasteiger partial charge in [0.2, 0.25) is 0 Å². The third kappa shape index (κ3) is 19.4. The van der Waals surface area contributed by atoms with Gasteiger partial charge in [0, 0.05) is 0 Å². The van der Waals surface area contributed by atoms with Crippen molar-refractivity contribution in [3.8, 4) is 23.0 Å². The molecule has 0 aliphatic heterocycles. The second-order valence-corrected chi connectivity index (χ2v) is 6.41. The first-order valence-electron chi connectivity index (χ1n) is 8.89. The molecule has 0 unspecified atom stereocenters. The van der Waals surface area contributed by atoms with Crippen LogP contribution in [0.25, 0.3) is 0 Å². The molecule has 0 saturated carbocycles. The smallest absolute Gasteiger partial charge is 0.870 e. The minimum Gasteiger partial charge on any atom is -0.870 e. The van der Waals surface area contributed by atoms with Gasteiger partial charge in [-0.3, -0.25) is 0 Å². The Bertz CT molecular complexity index is 597. The van der Waals surface area contributed by atoms with E-state index in [1.807, 2.05) is 13.8 Å². The van der Waals surface area contributed by atoms with E-state index in [1.54, 1.807) is 52.0 Å². The third-order valence-corrected chi connectivity index (χ3v) is 2.64. The van der Waals surface area contributed by atoms with E-state index >= 15 is 0 Å². The number of ether oxygens (including phenoxy) is 2. The Hall–Kier alpha value is -1.73. The van der Waals surface area contributed by atoms with Crippen LogP contribution in [0.1, 0.15) is 38.8 Å². The minimum absolute atomic E-state index is 0. The molecule has 7 heteroatoms. The molecule has 0 atom stereocenters. The molecule has 0 aliphatic rings. The van der Waals surface area contributed by atoms with Crippen LogP contribution < -0.4 is 29.9 Å². The minimum atomic E-state index is -0.417. The van der Waals surface area contributed by atoms with Crippen LogP contribution >= 0.6 is 0 Å². The summed E-state index contributed by atoms with van der Waals surface area (Å²) in [5.41, 5.74) is 2.08. The van der Waals surface area contributed by atoms with Gasteiger partial charge in [-0.05, 0) is 37.1 Å². The van der Waals surface area contributed by atoms with Gasteiger partial charge in [-0.25, -0.2) is 0 Å². The van der Waals surface area contributed by atoms with Gasteiger partial charge in [0.25, 0.3) is 0 Å². The second kappa shape index (κ2) is 18.3. The fourth-order valence-electron chi connectivity index (χ4n) is 1.55. The van der Waals surface area contributed by atoms with Crippen molar-refractivity contribution in [2.75, 3.05) is 14.2 Å². The second-order valence-electron chi connectivity index (χ2n) is 6.41. The van der Waals surface area contributed by atoms with E-state index in [0.29, 0.717) is 11.5 Å². The van der Waals surface area contributed by atoms with Crippen molar-refractivity contribution in [2.45, 2.75) is 53.8 Å². The van der Waals surface area contributed by atoms with Gasteiger partial charge in [0.15, 0.2) is 0 Å². The molecule has 2 rings (SSSR count). The first-order chi connectivity index (χ1) is 12.9. The standard InChI is InChI=1S/2C8H10O2.2C3H7O.Ti/c2*1-6-3-4-7(9)8(5-6)10-2;2*1-3(2)4;/h2*3-5,9H,1-2H3;2*3H,1-2H3;/q;;2*-1;+4/p-2. The van der Waals surface area contributed by atoms with Crippen molar-refractivity contribution in [1.29, 1.82) is 0 Å². The molecular weight excluding hydrogens is 408 g/mol. The van der Waals surface area contributed by atoms with Crippen LogP contribution in [-0.4, -0.2) is 26.4 Å². The van der Waals surface area contributed by atoms with Crippen LogP contribution in [0.3, 0.4) is 0 Å². The maximum absolute atomic E-state index is 10.9. The van der Waals surface area contributed by atoms with Gasteiger partial charge in [-0.1, -0.05) is 63.5 Å². The zero-order valence-electron chi connectivity index (χ0n) is 18.6. The van der Waals surface area contributed by atoms with Gasteiger partial charge in [-0.15, -0.1) is 12.2 Å². The molecule has 0 spiro atoms. The fourth-order valence-corrected chi connectivity index (χ4v) is 1.55. The molecule has 6 nitrogen and oxygen atoms in total. The molecule has 29 heavy (non-hydrogen) atoms. The molecule has 0 bridgehead atoms. The maximum atomic E-state index is 10.9. The summed E-state index contributed by atoms with van der Waals surface area (Å²) in [4.78, 5) is 0. The Morgan fingerprint density at radius 1 is 0.655 bits per heavy atom. The monoisotopic (exact) mass is 440 g/mol. The molecule has 0 fully saturated rings. The van der Waals surface area contributed by atoms with E-state index in [1.165, 1.54) is 26.4 Å². The topological polar surface area (TPSA) is 111 Å². The summed E-state index contributed by atoms with van der Waals surface area (Å²) in [5, 5.41) is 40.8. The van der Waals surface area contributed by atoms with Crippen molar-refractivity contribution in [3.63, 3.8) is 0 Å². The summed E-state index contributed by atoms with van der Waals surface area (Å²) in [7, 11) is 2.99. The van der Waals surface area contributed by atoms with Gasteiger partial charge < -0.3 is 29.9 Å². The summed E-state index contributed by atoms with van der Waals surface area (Å²) in [6, 6.07) is 10.0. The van der Waals surface area contributed by atoms with E-state index < -0.39 is 12.2 Å². The molecule has 2 aromatic carbocycles. The number of rotatable bonds is 2. The summed E-state index contributed by atoms with van der Waals surface area (Å²) in [5.74, 6) is 0.709. The van der Waals surface area contributed by atoms with Crippen LogP contribution in [0.5, 0.6) is 23.0 Å². The zero-order valence-corrected chi connectivity index (χ0v) is 20.1. The first-order valence-corrected chi connectivity index (χ1v) is 8.89. The number of benzene rings is 2. The molecule has 0 N–H and O–H groups in total. The van der Waals surface area contributed by atoms with Gasteiger partial charge in [0.05, 0.1) is 14.2 Å². The molecule has 0 aliphatic carbocycles. The zero-order chi connectivity index (χ0) is 22.3. The fraction of sp³-hybridized carbons (Fsp3) is 0.455. The largest absolute Gasteiger partial charge is 4.00 e. The van der Waals surface area contributed by atoms with Crippen molar-refractivity contribution in [2.24, 2.45) is 0 Å². The Morgan fingerprint density at radius 3 is 1.07 bits per heavy atom. The Balaban J connectivity index is -0.000000336. The van der Waals surface area contributed by atoms with Gasteiger partial charge in [-0.2, -0.15) is 0 Å². The number of methoxy groups -OCH3 is 2. The summed E-state index contributed by atoms with van der Waals surface area (Å²) in [6.07, 6.45) is -0.833. The van der Waals surface area contributed by atoms with Crippen molar-refractivity contribution < 1.29 is 51.6 Å². The van der Waals surface area contributed by atoms with Crippen LogP contribution in [0.2, 0.25) is 0 Å². The van der Waals surface area contributed by atoms with Crippen LogP contribution in [0, 0.1) is 13.8 Å². The first kappa shape index (κ1) is 32.0. The molecule has 0 aromatic heterocycles. The quantitative estimate of drug-likeness (QED) is 0.657. The van der Waals surface area contributed by atoms with E-state index in [2.05, 4.69) is 0 Å². The van der Waals surface area contributed by atoms with E-state index in [4.69, 9.17) is 9.47 Å². The summed E-state index contributed by atoms with van der Waals surface area (Å²) >= 11 is 0. The predicted octanol–water partition coefficient (Wildman–Crippen LogP) is 1.66. The van der Waals surface area contributed by atoms with Gasteiger partial charge in [0.1, 0.15) is 11.5 Å². The van der Waals surface area contributed by atoms with Crippen molar-refractivity contribution in [3.05, 3.63) is 47.5 Å². The molecule has 160 valence electrons. The number of aryl methyl sites for hydroxylation is 2. The number of hydrogen-bond donors (Lipinski definition) is 0. The van der Waals surface area contributed by atoms with Gasteiger partial charge >= 0.3 is 21.7 Å². The van der Waals surface area contributed by atoms with Crippen LogP contribution in [-0.2, 0) is 21.7 Å². The Morgan fingerprint density at radius 2 is 0.897 bits per heavy atom. The van der Waals surface area contributed by atoms with Crippen LogP contribution in [0.4, 0.5) is 0 Å². The van der Waals surface area contributed by atoms with Crippen molar-refractivity contribution in [1.82, 2.24) is 0 Å². The molecule has 0 radical (unpaired) electrons. The molecule has 0 heterocycles. The summed E-state index contributed by atoms with van der Waals surface area (Å²) in [6.45, 7) is 10.3. The normalized spacial score (nSPS) is 8.97. The van der Waals surface area contributed by atoms with E-state index in [0.717, 1.165) is 11.1 Å².